The molecule has 0 bridgehead atoms. The quantitative estimate of drug-likeness (QED) is 0.588. The first-order chi connectivity index (χ1) is 5.57. The van der Waals surface area contributed by atoms with Crippen molar-refractivity contribution in [2.24, 2.45) is 23.7 Å². The Morgan fingerprint density at radius 2 is 1.83 bits per heavy atom. The molecule has 1 fully saturated rings. The van der Waals surface area contributed by atoms with Crippen LogP contribution in [0.3, 0.4) is 0 Å². The molecule has 0 aromatic rings. The zero-order chi connectivity index (χ0) is 9.30. The van der Waals surface area contributed by atoms with Crippen LogP contribution < -0.4 is 0 Å². The monoisotopic (exact) mass is 168 g/mol. The molecule has 1 heteroatoms. The number of carbonyl (C=O) groups is 1. The second-order valence-electron chi connectivity index (χ2n) is 4.35. The zero-order valence-corrected chi connectivity index (χ0v) is 8.63. The second-order valence-corrected chi connectivity index (χ2v) is 4.35. The Bertz CT molecular complexity index is 172. The highest BCUT2D eigenvalue weighted by Crippen LogP contribution is 2.37. The molecule has 1 nitrogen and oxygen atoms in total. The molecule has 0 saturated heterocycles. The van der Waals surface area contributed by atoms with E-state index in [0.29, 0.717) is 23.5 Å². The Labute approximate surface area is 75.5 Å². The summed E-state index contributed by atoms with van der Waals surface area (Å²) in [6.45, 7) is 8.78. The van der Waals surface area contributed by atoms with Crippen LogP contribution in [0.2, 0.25) is 0 Å². The molecule has 0 heterocycles. The van der Waals surface area contributed by atoms with Crippen LogP contribution in [-0.4, -0.2) is 5.78 Å². The fraction of sp³-hybridized carbons (Fsp3) is 0.909. The van der Waals surface area contributed by atoms with Crippen molar-refractivity contribution < 1.29 is 4.79 Å². The van der Waals surface area contributed by atoms with Crippen molar-refractivity contribution in [3.05, 3.63) is 0 Å². The zero-order valence-electron chi connectivity index (χ0n) is 8.63. The summed E-state index contributed by atoms with van der Waals surface area (Å²) in [4.78, 5) is 11.5. The van der Waals surface area contributed by atoms with E-state index in [4.69, 9.17) is 0 Å². The van der Waals surface area contributed by atoms with Gasteiger partial charge in [-0.15, -0.1) is 0 Å². The van der Waals surface area contributed by atoms with Crippen molar-refractivity contribution in [2.75, 3.05) is 0 Å². The Morgan fingerprint density at radius 1 is 1.25 bits per heavy atom. The summed E-state index contributed by atoms with van der Waals surface area (Å²) in [6, 6.07) is 0. The molecule has 1 aliphatic rings. The summed E-state index contributed by atoms with van der Waals surface area (Å²) in [5.41, 5.74) is 0. The van der Waals surface area contributed by atoms with Crippen LogP contribution >= 0.6 is 0 Å². The van der Waals surface area contributed by atoms with Gasteiger partial charge in [-0.05, 0) is 17.8 Å². The van der Waals surface area contributed by atoms with Gasteiger partial charge in [-0.3, -0.25) is 4.79 Å². The van der Waals surface area contributed by atoms with Crippen molar-refractivity contribution in [1.29, 1.82) is 0 Å². The van der Waals surface area contributed by atoms with E-state index in [9.17, 15) is 4.79 Å². The maximum atomic E-state index is 11.5. The van der Waals surface area contributed by atoms with Crippen molar-refractivity contribution in [3.63, 3.8) is 0 Å². The van der Waals surface area contributed by atoms with E-state index in [0.717, 1.165) is 18.8 Å². The SMILES string of the molecule is CCC1CC(=O)C(C)C(C)C1C. The first-order valence-corrected chi connectivity index (χ1v) is 5.10. The van der Waals surface area contributed by atoms with Crippen molar-refractivity contribution in [1.82, 2.24) is 0 Å². The fourth-order valence-corrected chi connectivity index (χ4v) is 2.32. The van der Waals surface area contributed by atoms with Crippen LogP contribution in [0.4, 0.5) is 0 Å². The molecule has 1 aliphatic carbocycles. The lowest BCUT2D eigenvalue weighted by molar-refractivity contribution is -0.129. The summed E-state index contributed by atoms with van der Waals surface area (Å²) in [5, 5.41) is 0. The Balaban J connectivity index is 2.70. The number of carbonyl (C=O) groups excluding carboxylic acids is 1. The third-order valence-corrected chi connectivity index (χ3v) is 3.86. The van der Waals surface area contributed by atoms with Crippen LogP contribution in [-0.2, 0) is 4.79 Å². The van der Waals surface area contributed by atoms with Gasteiger partial charge in [-0.1, -0.05) is 34.1 Å². The largest absolute Gasteiger partial charge is 0.299 e. The maximum absolute atomic E-state index is 11.5. The van der Waals surface area contributed by atoms with Gasteiger partial charge in [-0.2, -0.15) is 0 Å². The van der Waals surface area contributed by atoms with Gasteiger partial charge in [0.2, 0.25) is 0 Å². The number of Topliss-reactive ketones (excluding diaryl/α,β-unsaturated/α-hetero) is 1. The second kappa shape index (κ2) is 3.59. The van der Waals surface area contributed by atoms with Gasteiger partial charge < -0.3 is 0 Å². The number of hydrogen-bond acceptors (Lipinski definition) is 1. The molecule has 4 atom stereocenters. The minimum Gasteiger partial charge on any atom is -0.299 e. The van der Waals surface area contributed by atoms with Crippen LogP contribution in [0.15, 0.2) is 0 Å². The predicted octanol–water partition coefficient (Wildman–Crippen LogP) is 2.89. The third kappa shape index (κ3) is 1.55. The smallest absolute Gasteiger partial charge is 0.136 e. The molecular formula is C11H20O. The van der Waals surface area contributed by atoms with Crippen LogP contribution in [0, 0.1) is 23.7 Å². The van der Waals surface area contributed by atoms with Crippen molar-refractivity contribution in [3.8, 4) is 0 Å². The van der Waals surface area contributed by atoms with Crippen LogP contribution in [0.1, 0.15) is 40.5 Å². The lowest BCUT2D eigenvalue weighted by atomic mass is 9.67. The molecule has 4 unspecified atom stereocenters. The normalized spacial score (nSPS) is 43.2. The minimum absolute atomic E-state index is 0.294. The van der Waals surface area contributed by atoms with E-state index in [1.54, 1.807) is 0 Å². The van der Waals surface area contributed by atoms with E-state index in [2.05, 4.69) is 27.7 Å². The molecule has 0 spiro atoms. The standard InChI is InChI=1S/C11H20O/c1-5-10-6-11(12)9(4)7(2)8(10)3/h7-10H,5-6H2,1-4H3. The van der Waals surface area contributed by atoms with Gasteiger partial charge in [0.05, 0.1) is 0 Å². The highest BCUT2D eigenvalue weighted by Gasteiger charge is 2.35. The van der Waals surface area contributed by atoms with E-state index in [-0.39, 0.29) is 0 Å². The van der Waals surface area contributed by atoms with Gasteiger partial charge in [-0.25, -0.2) is 0 Å². The fourth-order valence-electron chi connectivity index (χ4n) is 2.32. The highest BCUT2D eigenvalue weighted by molar-refractivity contribution is 5.82. The average molecular weight is 168 g/mol. The molecule has 0 aromatic heterocycles. The van der Waals surface area contributed by atoms with Crippen LogP contribution in [0.5, 0.6) is 0 Å². The molecule has 70 valence electrons. The number of ketones is 1. The summed E-state index contributed by atoms with van der Waals surface area (Å²) in [7, 11) is 0. The van der Waals surface area contributed by atoms with Crippen molar-refractivity contribution >= 4 is 5.78 Å². The minimum atomic E-state index is 0.294. The molecule has 0 radical (unpaired) electrons. The summed E-state index contributed by atoms with van der Waals surface area (Å²) in [5.74, 6) is 2.72. The number of hydrogen-bond donors (Lipinski definition) is 0. The molecule has 1 rings (SSSR count). The molecule has 0 aliphatic heterocycles. The predicted molar refractivity (Wildman–Crippen MR) is 50.9 cm³/mol. The topological polar surface area (TPSA) is 17.1 Å². The van der Waals surface area contributed by atoms with E-state index < -0.39 is 0 Å². The molecule has 0 aromatic carbocycles. The van der Waals surface area contributed by atoms with Gasteiger partial charge in [0.1, 0.15) is 5.78 Å². The maximum Gasteiger partial charge on any atom is 0.136 e. The lowest BCUT2D eigenvalue weighted by Crippen LogP contribution is -2.36. The lowest BCUT2D eigenvalue weighted by Gasteiger charge is -2.36. The van der Waals surface area contributed by atoms with E-state index in [1.807, 2.05) is 0 Å². The average Bonchev–Trinajstić information content (AvgIpc) is 2.08. The Morgan fingerprint density at radius 3 is 2.33 bits per heavy atom. The number of rotatable bonds is 1. The first-order valence-electron chi connectivity index (χ1n) is 5.10. The van der Waals surface area contributed by atoms with Gasteiger partial charge in [0.25, 0.3) is 0 Å². The Hall–Kier alpha value is -0.330. The van der Waals surface area contributed by atoms with Crippen LogP contribution in [0.25, 0.3) is 0 Å². The summed E-state index contributed by atoms with van der Waals surface area (Å²) >= 11 is 0. The van der Waals surface area contributed by atoms with Crippen molar-refractivity contribution in [2.45, 2.75) is 40.5 Å². The first kappa shape index (κ1) is 9.76. The Kier molecular flexibility index (Phi) is 2.92. The molecule has 1 saturated carbocycles. The summed E-state index contributed by atoms with van der Waals surface area (Å²) in [6.07, 6.45) is 1.98. The molecule has 0 N–H and O–H groups in total. The van der Waals surface area contributed by atoms with E-state index in [1.165, 1.54) is 0 Å². The molecule has 0 amide bonds. The highest BCUT2D eigenvalue weighted by atomic mass is 16.1. The van der Waals surface area contributed by atoms with E-state index >= 15 is 0 Å². The van der Waals surface area contributed by atoms with Gasteiger partial charge in [0, 0.05) is 12.3 Å². The molecule has 12 heavy (non-hydrogen) atoms. The molecular weight excluding hydrogens is 148 g/mol. The van der Waals surface area contributed by atoms with Gasteiger partial charge >= 0.3 is 0 Å². The third-order valence-electron chi connectivity index (χ3n) is 3.86. The van der Waals surface area contributed by atoms with Gasteiger partial charge in [0.15, 0.2) is 0 Å². The summed E-state index contributed by atoms with van der Waals surface area (Å²) < 4.78 is 0.